The van der Waals surface area contributed by atoms with Crippen LogP contribution in [-0.4, -0.2) is 71.6 Å². The van der Waals surface area contributed by atoms with E-state index in [0.717, 1.165) is 51.4 Å². The highest BCUT2D eigenvalue weighted by Gasteiger charge is 2.32. The molecule has 2 aliphatic rings. The number of hydrogen-bond donors (Lipinski definition) is 2. The highest BCUT2D eigenvalue weighted by atomic mass is 16.5. The molecule has 5 heteroatoms. The molecular formula is C16H24N2O3. The first-order valence-electron chi connectivity index (χ1n) is 7.72. The number of hydrogen-bond acceptors (Lipinski definition) is 5. The van der Waals surface area contributed by atoms with Crippen molar-refractivity contribution >= 4 is 0 Å². The Labute approximate surface area is 125 Å². The summed E-state index contributed by atoms with van der Waals surface area (Å²) in [4.78, 5) is 4.62. The first-order valence-corrected chi connectivity index (χ1v) is 7.72. The molecule has 2 heterocycles. The lowest BCUT2D eigenvalue weighted by atomic mass is 9.99. The number of phenols is 1. The molecule has 3 rings (SSSR count). The first-order chi connectivity index (χ1) is 10.2. The van der Waals surface area contributed by atoms with E-state index in [1.165, 1.54) is 0 Å². The van der Waals surface area contributed by atoms with Crippen LogP contribution in [0.25, 0.3) is 0 Å². The van der Waals surface area contributed by atoms with E-state index in [0.29, 0.717) is 12.3 Å². The molecule has 0 amide bonds. The topological polar surface area (TPSA) is 56.2 Å². The van der Waals surface area contributed by atoms with Gasteiger partial charge >= 0.3 is 0 Å². The highest BCUT2D eigenvalue weighted by molar-refractivity contribution is 5.27. The van der Waals surface area contributed by atoms with Crippen molar-refractivity contribution in [1.29, 1.82) is 0 Å². The summed E-state index contributed by atoms with van der Waals surface area (Å²) in [6, 6.07) is 7.61. The van der Waals surface area contributed by atoms with Gasteiger partial charge in [0.1, 0.15) is 5.75 Å². The van der Waals surface area contributed by atoms with Crippen molar-refractivity contribution in [2.24, 2.45) is 0 Å². The molecule has 21 heavy (non-hydrogen) atoms. The minimum absolute atomic E-state index is 0.259. The molecule has 0 aliphatic carbocycles. The average Bonchev–Trinajstić information content (AvgIpc) is 2.48. The molecule has 2 N–H and O–H groups in total. The zero-order valence-electron chi connectivity index (χ0n) is 12.3. The zero-order valence-corrected chi connectivity index (χ0v) is 12.3. The number of morpholine rings is 1. The molecule has 116 valence electrons. The van der Waals surface area contributed by atoms with Crippen LogP contribution in [0.4, 0.5) is 0 Å². The summed E-state index contributed by atoms with van der Waals surface area (Å²) in [6.07, 6.45) is 0.675. The van der Waals surface area contributed by atoms with Gasteiger partial charge in [-0.2, -0.15) is 0 Å². The normalized spacial score (nSPS) is 28.6. The van der Waals surface area contributed by atoms with Gasteiger partial charge in [0, 0.05) is 38.8 Å². The number of ether oxygens (including phenoxy) is 1. The van der Waals surface area contributed by atoms with Crippen LogP contribution in [0.5, 0.6) is 5.75 Å². The number of β-amino-alcohol motifs (C(OH)–C–C–N with tert-alkyl or cyclic N) is 1. The molecule has 0 aromatic heterocycles. The van der Waals surface area contributed by atoms with E-state index in [4.69, 9.17) is 4.74 Å². The molecule has 0 saturated carbocycles. The minimum atomic E-state index is -0.311. The third kappa shape index (κ3) is 3.74. The van der Waals surface area contributed by atoms with E-state index < -0.39 is 0 Å². The summed E-state index contributed by atoms with van der Waals surface area (Å²) >= 11 is 0. The predicted octanol–water partition coefficient (Wildman–Crippen LogP) is 0.660. The van der Waals surface area contributed by atoms with E-state index in [9.17, 15) is 10.2 Å². The predicted molar refractivity (Wildman–Crippen MR) is 80.2 cm³/mol. The van der Waals surface area contributed by atoms with Gasteiger partial charge in [-0.3, -0.25) is 9.80 Å². The standard InChI is InChI=1S/C16H24N2O3/c19-14-3-1-2-13(10-14)11-17-5-4-15(16(20)12-17)18-6-8-21-9-7-18/h1-3,10,15-16,19-20H,4-9,11-12H2/t15-,16-/m1/s1. The number of nitrogens with zero attached hydrogens (tertiary/aromatic N) is 2. The summed E-state index contributed by atoms with van der Waals surface area (Å²) < 4.78 is 5.38. The lowest BCUT2D eigenvalue weighted by Gasteiger charge is -2.43. The molecule has 5 nitrogen and oxygen atoms in total. The molecule has 2 aliphatic heterocycles. The minimum Gasteiger partial charge on any atom is -0.508 e. The summed E-state index contributed by atoms with van der Waals surface area (Å²) in [7, 11) is 0. The van der Waals surface area contributed by atoms with Crippen molar-refractivity contribution in [3.05, 3.63) is 29.8 Å². The Morgan fingerprint density at radius 1 is 1.19 bits per heavy atom. The first kappa shape index (κ1) is 14.8. The Hall–Kier alpha value is -1.14. The fourth-order valence-electron chi connectivity index (χ4n) is 3.38. The van der Waals surface area contributed by atoms with Gasteiger partial charge in [0.05, 0.1) is 19.3 Å². The largest absolute Gasteiger partial charge is 0.508 e. The lowest BCUT2D eigenvalue weighted by Crippen LogP contribution is -2.56. The molecule has 0 spiro atoms. The number of benzene rings is 1. The van der Waals surface area contributed by atoms with Gasteiger partial charge in [-0.05, 0) is 24.1 Å². The Morgan fingerprint density at radius 3 is 2.71 bits per heavy atom. The third-order valence-corrected chi connectivity index (χ3v) is 4.46. The number of phenolic OH excluding ortho intramolecular Hbond substituents is 1. The lowest BCUT2D eigenvalue weighted by molar-refractivity contribution is -0.0534. The quantitative estimate of drug-likeness (QED) is 0.857. The molecule has 2 saturated heterocycles. The van der Waals surface area contributed by atoms with Crippen LogP contribution < -0.4 is 0 Å². The van der Waals surface area contributed by atoms with E-state index in [1.54, 1.807) is 12.1 Å². The van der Waals surface area contributed by atoms with Crippen LogP contribution in [-0.2, 0) is 11.3 Å². The highest BCUT2D eigenvalue weighted by Crippen LogP contribution is 2.21. The van der Waals surface area contributed by atoms with Gasteiger partial charge in [0.25, 0.3) is 0 Å². The second-order valence-electron chi connectivity index (χ2n) is 5.98. The van der Waals surface area contributed by atoms with Crippen LogP contribution in [0.15, 0.2) is 24.3 Å². The van der Waals surface area contributed by atoms with Crippen LogP contribution in [0.3, 0.4) is 0 Å². The Balaban J connectivity index is 1.55. The van der Waals surface area contributed by atoms with Crippen LogP contribution in [0.1, 0.15) is 12.0 Å². The molecule has 1 aromatic carbocycles. The van der Waals surface area contributed by atoms with Gasteiger partial charge in [-0.15, -0.1) is 0 Å². The number of rotatable bonds is 3. The second-order valence-corrected chi connectivity index (χ2v) is 5.98. The molecule has 0 radical (unpaired) electrons. The number of piperidine rings is 1. The molecule has 0 bridgehead atoms. The fraction of sp³-hybridized carbons (Fsp3) is 0.625. The maximum absolute atomic E-state index is 10.5. The molecule has 2 atom stereocenters. The monoisotopic (exact) mass is 292 g/mol. The third-order valence-electron chi connectivity index (χ3n) is 4.46. The van der Waals surface area contributed by atoms with Crippen molar-refractivity contribution in [1.82, 2.24) is 9.80 Å². The molecule has 2 fully saturated rings. The smallest absolute Gasteiger partial charge is 0.115 e. The summed E-state index contributed by atoms with van der Waals surface area (Å²) in [5, 5.41) is 20.0. The number of aliphatic hydroxyl groups is 1. The number of aliphatic hydroxyl groups excluding tert-OH is 1. The maximum atomic E-state index is 10.5. The maximum Gasteiger partial charge on any atom is 0.115 e. The van der Waals surface area contributed by atoms with Gasteiger partial charge in [0.2, 0.25) is 0 Å². The van der Waals surface area contributed by atoms with Gasteiger partial charge in [-0.25, -0.2) is 0 Å². The number of aromatic hydroxyl groups is 1. The molecule has 1 aromatic rings. The Bertz CT molecular complexity index is 463. The van der Waals surface area contributed by atoms with Crippen LogP contribution in [0.2, 0.25) is 0 Å². The Kier molecular flexibility index (Phi) is 4.75. The van der Waals surface area contributed by atoms with Crippen molar-refractivity contribution in [3.63, 3.8) is 0 Å². The van der Waals surface area contributed by atoms with Crippen molar-refractivity contribution in [2.75, 3.05) is 39.4 Å². The van der Waals surface area contributed by atoms with E-state index in [2.05, 4.69) is 9.80 Å². The van der Waals surface area contributed by atoms with E-state index in [-0.39, 0.29) is 12.1 Å². The fourth-order valence-corrected chi connectivity index (χ4v) is 3.38. The van der Waals surface area contributed by atoms with Crippen molar-refractivity contribution in [2.45, 2.75) is 25.1 Å². The van der Waals surface area contributed by atoms with E-state index >= 15 is 0 Å². The second kappa shape index (κ2) is 6.75. The summed E-state index contributed by atoms with van der Waals surface area (Å²) in [6.45, 7) is 5.85. The Morgan fingerprint density at radius 2 is 2.00 bits per heavy atom. The summed E-state index contributed by atoms with van der Waals surface area (Å²) in [5.74, 6) is 0.302. The molecular weight excluding hydrogens is 268 g/mol. The zero-order chi connectivity index (χ0) is 14.7. The van der Waals surface area contributed by atoms with Gasteiger partial charge < -0.3 is 14.9 Å². The summed E-state index contributed by atoms with van der Waals surface area (Å²) in [5.41, 5.74) is 1.09. The SMILES string of the molecule is Oc1cccc(CN2CC[C@@H](N3CCOCC3)[C@H](O)C2)c1. The molecule has 0 unspecified atom stereocenters. The number of likely N-dealkylation sites (tertiary alicyclic amines) is 1. The van der Waals surface area contributed by atoms with Crippen molar-refractivity contribution in [3.8, 4) is 5.75 Å². The van der Waals surface area contributed by atoms with Crippen LogP contribution >= 0.6 is 0 Å². The van der Waals surface area contributed by atoms with Gasteiger partial charge in [0.15, 0.2) is 0 Å². The van der Waals surface area contributed by atoms with E-state index in [1.807, 2.05) is 12.1 Å². The van der Waals surface area contributed by atoms with Crippen molar-refractivity contribution < 1.29 is 14.9 Å². The van der Waals surface area contributed by atoms with Gasteiger partial charge in [-0.1, -0.05) is 12.1 Å². The van der Waals surface area contributed by atoms with Crippen LogP contribution in [0, 0.1) is 0 Å². The average molecular weight is 292 g/mol.